The molecule has 112 valence electrons. The number of hydrogen-bond donors (Lipinski definition) is 1. The van der Waals surface area contributed by atoms with E-state index in [-0.39, 0.29) is 0 Å². The fourth-order valence-electron chi connectivity index (χ4n) is 2.70. The monoisotopic (exact) mass is 287 g/mol. The second kappa shape index (κ2) is 5.99. The molecule has 0 unspecified atom stereocenters. The Labute approximate surface area is 117 Å². The highest BCUT2D eigenvalue weighted by molar-refractivity contribution is 5.40. The van der Waals surface area contributed by atoms with Gasteiger partial charge in [0.05, 0.1) is 5.56 Å². The lowest BCUT2D eigenvalue weighted by molar-refractivity contribution is -0.137. The van der Waals surface area contributed by atoms with Crippen LogP contribution in [-0.4, -0.2) is 31.2 Å². The molecular formula is C14H20F3N3. The molecule has 20 heavy (non-hydrogen) atoms. The Balaban J connectivity index is 2.01. The lowest BCUT2D eigenvalue weighted by Crippen LogP contribution is -2.40. The summed E-state index contributed by atoms with van der Waals surface area (Å²) in [6.45, 7) is 0. The summed E-state index contributed by atoms with van der Waals surface area (Å²) in [5.41, 5.74) is -0.700. The van der Waals surface area contributed by atoms with E-state index in [1.165, 1.54) is 6.07 Å². The second-order valence-electron chi connectivity index (χ2n) is 5.31. The van der Waals surface area contributed by atoms with Crippen molar-refractivity contribution in [1.29, 1.82) is 0 Å². The van der Waals surface area contributed by atoms with Gasteiger partial charge in [-0.05, 0) is 44.9 Å². The Bertz CT molecular complexity index is 422. The zero-order chi connectivity index (χ0) is 14.8. The molecule has 0 amide bonds. The number of alkyl halides is 3. The van der Waals surface area contributed by atoms with Gasteiger partial charge in [-0.15, -0.1) is 0 Å². The van der Waals surface area contributed by atoms with Crippen LogP contribution in [0.15, 0.2) is 18.3 Å². The van der Waals surface area contributed by atoms with E-state index in [0.717, 1.165) is 37.9 Å². The lowest BCUT2D eigenvalue weighted by Gasteiger charge is -2.35. The smallest absolute Gasteiger partial charge is 0.357 e. The SMILES string of the molecule is CNC1CCC(N(C)c2ccc(C(F)(F)F)cn2)CC1. The van der Waals surface area contributed by atoms with Crippen molar-refractivity contribution in [3.05, 3.63) is 23.9 Å². The molecule has 1 aromatic heterocycles. The van der Waals surface area contributed by atoms with E-state index in [9.17, 15) is 13.2 Å². The average Bonchev–Trinajstić information content (AvgIpc) is 2.46. The zero-order valence-electron chi connectivity index (χ0n) is 11.7. The molecule has 1 N–H and O–H groups in total. The number of halogens is 3. The Morgan fingerprint density at radius 2 is 1.85 bits per heavy atom. The molecule has 0 aliphatic heterocycles. The molecule has 0 aromatic carbocycles. The number of nitrogens with zero attached hydrogens (tertiary/aromatic N) is 2. The van der Waals surface area contributed by atoms with Gasteiger partial charge in [0.2, 0.25) is 0 Å². The summed E-state index contributed by atoms with van der Waals surface area (Å²) in [5.74, 6) is 0.603. The molecule has 1 aliphatic carbocycles. The fourth-order valence-corrected chi connectivity index (χ4v) is 2.70. The van der Waals surface area contributed by atoms with Crippen molar-refractivity contribution >= 4 is 5.82 Å². The summed E-state index contributed by atoms with van der Waals surface area (Å²) >= 11 is 0. The van der Waals surface area contributed by atoms with E-state index in [4.69, 9.17) is 0 Å². The number of aromatic nitrogens is 1. The third-order valence-electron chi connectivity index (χ3n) is 4.09. The molecule has 1 saturated carbocycles. The summed E-state index contributed by atoms with van der Waals surface area (Å²) in [4.78, 5) is 5.94. The van der Waals surface area contributed by atoms with E-state index in [1.54, 1.807) is 0 Å². The average molecular weight is 287 g/mol. The van der Waals surface area contributed by atoms with Crippen molar-refractivity contribution in [2.24, 2.45) is 0 Å². The zero-order valence-corrected chi connectivity index (χ0v) is 11.7. The van der Waals surface area contributed by atoms with Crippen molar-refractivity contribution in [3.63, 3.8) is 0 Å². The summed E-state index contributed by atoms with van der Waals surface area (Å²) < 4.78 is 37.5. The number of rotatable bonds is 3. The minimum Gasteiger partial charge on any atom is -0.357 e. The Kier molecular flexibility index (Phi) is 4.52. The largest absolute Gasteiger partial charge is 0.417 e. The summed E-state index contributed by atoms with van der Waals surface area (Å²) in [7, 11) is 3.87. The Hall–Kier alpha value is -1.30. The van der Waals surface area contributed by atoms with Gasteiger partial charge in [0.15, 0.2) is 0 Å². The van der Waals surface area contributed by atoms with Crippen LogP contribution in [0.4, 0.5) is 19.0 Å². The molecule has 6 heteroatoms. The van der Waals surface area contributed by atoms with E-state index in [1.807, 2.05) is 19.0 Å². The van der Waals surface area contributed by atoms with Crippen LogP contribution in [0, 0.1) is 0 Å². The van der Waals surface area contributed by atoms with Gasteiger partial charge in [0, 0.05) is 25.3 Å². The van der Waals surface area contributed by atoms with Crippen molar-refractivity contribution in [1.82, 2.24) is 10.3 Å². The molecule has 3 nitrogen and oxygen atoms in total. The first-order valence-electron chi connectivity index (χ1n) is 6.85. The molecule has 1 aromatic rings. The predicted octanol–water partition coefficient (Wildman–Crippen LogP) is 3.07. The summed E-state index contributed by atoms with van der Waals surface area (Å²) in [6.07, 6.45) is 0.827. The van der Waals surface area contributed by atoms with E-state index in [2.05, 4.69) is 10.3 Å². The van der Waals surface area contributed by atoms with Crippen LogP contribution in [-0.2, 0) is 6.18 Å². The third-order valence-corrected chi connectivity index (χ3v) is 4.09. The molecule has 1 heterocycles. The standard InChI is InChI=1S/C14H20F3N3/c1-18-11-4-6-12(7-5-11)20(2)13-8-3-10(9-19-13)14(15,16)17/h3,8-9,11-12,18H,4-7H2,1-2H3. The van der Waals surface area contributed by atoms with Crippen molar-refractivity contribution in [2.45, 2.75) is 43.9 Å². The van der Waals surface area contributed by atoms with Gasteiger partial charge in [-0.3, -0.25) is 0 Å². The maximum atomic E-state index is 12.5. The maximum absolute atomic E-state index is 12.5. The molecular weight excluding hydrogens is 267 g/mol. The Morgan fingerprint density at radius 1 is 1.20 bits per heavy atom. The molecule has 0 atom stereocenters. The van der Waals surface area contributed by atoms with Gasteiger partial charge in [-0.25, -0.2) is 4.98 Å². The first kappa shape index (κ1) is 15.1. The van der Waals surface area contributed by atoms with Crippen LogP contribution in [0.2, 0.25) is 0 Å². The first-order valence-corrected chi connectivity index (χ1v) is 6.85. The van der Waals surface area contributed by atoms with E-state index in [0.29, 0.717) is 17.9 Å². The Morgan fingerprint density at radius 3 is 2.30 bits per heavy atom. The summed E-state index contributed by atoms with van der Waals surface area (Å²) in [5, 5.41) is 3.27. The highest BCUT2D eigenvalue weighted by Gasteiger charge is 2.31. The molecule has 0 bridgehead atoms. The van der Waals surface area contributed by atoms with Gasteiger partial charge in [0.1, 0.15) is 5.82 Å². The van der Waals surface area contributed by atoms with Crippen LogP contribution >= 0.6 is 0 Å². The van der Waals surface area contributed by atoms with Crippen LogP contribution in [0.1, 0.15) is 31.2 Å². The number of hydrogen-bond acceptors (Lipinski definition) is 3. The predicted molar refractivity (Wildman–Crippen MR) is 72.7 cm³/mol. The van der Waals surface area contributed by atoms with Gasteiger partial charge in [0.25, 0.3) is 0 Å². The van der Waals surface area contributed by atoms with Crippen LogP contribution in [0.25, 0.3) is 0 Å². The van der Waals surface area contributed by atoms with Crippen LogP contribution < -0.4 is 10.2 Å². The van der Waals surface area contributed by atoms with Crippen LogP contribution in [0.5, 0.6) is 0 Å². The fraction of sp³-hybridized carbons (Fsp3) is 0.643. The van der Waals surface area contributed by atoms with Crippen LogP contribution in [0.3, 0.4) is 0 Å². The quantitative estimate of drug-likeness (QED) is 0.926. The lowest BCUT2D eigenvalue weighted by atomic mass is 9.90. The minimum absolute atomic E-state index is 0.351. The summed E-state index contributed by atoms with van der Waals surface area (Å²) in [6, 6.07) is 3.45. The number of pyridine rings is 1. The first-order chi connectivity index (χ1) is 9.41. The number of anilines is 1. The molecule has 1 aliphatic rings. The molecule has 1 fully saturated rings. The van der Waals surface area contributed by atoms with Crippen molar-refractivity contribution in [2.75, 3.05) is 19.0 Å². The normalized spacial score (nSPS) is 23.6. The molecule has 0 radical (unpaired) electrons. The minimum atomic E-state index is -4.32. The topological polar surface area (TPSA) is 28.2 Å². The van der Waals surface area contributed by atoms with Crippen molar-refractivity contribution in [3.8, 4) is 0 Å². The molecule has 2 rings (SSSR count). The van der Waals surface area contributed by atoms with E-state index < -0.39 is 11.7 Å². The number of nitrogens with one attached hydrogen (secondary N) is 1. The molecule has 0 saturated heterocycles. The van der Waals surface area contributed by atoms with Gasteiger partial charge >= 0.3 is 6.18 Å². The van der Waals surface area contributed by atoms with Crippen molar-refractivity contribution < 1.29 is 13.2 Å². The van der Waals surface area contributed by atoms with Gasteiger partial charge < -0.3 is 10.2 Å². The van der Waals surface area contributed by atoms with Gasteiger partial charge in [-0.1, -0.05) is 0 Å². The highest BCUT2D eigenvalue weighted by atomic mass is 19.4. The highest BCUT2D eigenvalue weighted by Crippen LogP contribution is 2.30. The van der Waals surface area contributed by atoms with Gasteiger partial charge in [-0.2, -0.15) is 13.2 Å². The maximum Gasteiger partial charge on any atom is 0.417 e. The third kappa shape index (κ3) is 3.42. The second-order valence-corrected chi connectivity index (χ2v) is 5.31. The van der Waals surface area contributed by atoms with E-state index >= 15 is 0 Å². The molecule has 0 spiro atoms.